The van der Waals surface area contributed by atoms with Gasteiger partial charge in [-0.05, 0) is 51.4 Å². The summed E-state index contributed by atoms with van der Waals surface area (Å²) in [6.45, 7) is 0. The molecule has 1 aliphatic rings. The SMILES string of the molecule is C#CCCCC1(CCC=CC/C=C\C/C=C\CCCC(=O)O)N=N1. The van der Waals surface area contributed by atoms with E-state index in [2.05, 4.69) is 46.5 Å². The molecule has 0 aromatic heterocycles. The normalized spacial score (nSPS) is 15.5. The molecule has 0 radical (unpaired) electrons. The summed E-state index contributed by atoms with van der Waals surface area (Å²) in [5.74, 6) is 1.93. The molecule has 0 spiro atoms. The van der Waals surface area contributed by atoms with Gasteiger partial charge in [-0.25, -0.2) is 0 Å². The smallest absolute Gasteiger partial charge is 0.303 e. The number of rotatable bonds is 14. The molecule has 1 aliphatic heterocycles. The van der Waals surface area contributed by atoms with Gasteiger partial charge in [0.1, 0.15) is 0 Å². The first kappa shape index (κ1) is 19.9. The van der Waals surface area contributed by atoms with Gasteiger partial charge < -0.3 is 5.11 Å². The molecule has 0 atom stereocenters. The molecule has 0 saturated carbocycles. The summed E-state index contributed by atoms with van der Waals surface area (Å²) in [4.78, 5) is 10.3. The first-order valence-corrected chi connectivity index (χ1v) is 8.73. The Morgan fingerprint density at radius 1 is 0.958 bits per heavy atom. The van der Waals surface area contributed by atoms with Gasteiger partial charge in [0.05, 0.1) is 0 Å². The molecule has 0 aromatic carbocycles. The van der Waals surface area contributed by atoms with Crippen molar-refractivity contribution in [3.05, 3.63) is 36.5 Å². The molecular weight excluding hydrogens is 300 g/mol. The van der Waals surface area contributed by atoms with E-state index in [1.807, 2.05) is 6.08 Å². The number of carboxylic acid groups (broad SMARTS) is 1. The molecule has 0 aliphatic carbocycles. The third kappa shape index (κ3) is 10.6. The van der Waals surface area contributed by atoms with Gasteiger partial charge in [-0.1, -0.05) is 36.5 Å². The molecule has 0 unspecified atom stereocenters. The van der Waals surface area contributed by atoms with Crippen molar-refractivity contribution in [3.8, 4) is 12.3 Å². The third-order valence-electron chi connectivity index (χ3n) is 3.80. The molecular formula is C20H28N2O2. The highest BCUT2D eigenvalue weighted by Crippen LogP contribution is 2.38. The van der Waals surface area contributed by atoms with Crippen LogP contribution in [0.2, 0.25) is 0 Å². The van der Waals surface area contributed by atoms with Gasteiger partial charge in [0, 0.05) is 12.8 Å². The molecule has 0 bridgehead atoms. The fraction of sp³-hybridized carbons (Fsp3) is 0.550. The maximum absolute atomic E-state index is 10.3. The Kier molecular flexibility index (Phi) is 10.2. The quantitative estimate of drug-likeness (QED) is 0.262. The minimum Gasteiger partial charge on any atom is -0.481 e. The number of carbonyl (C=O) groups is 1. The van der Waals surface area contributed by atoms with Gasteiger partial charge in [0.15, 0.2) is 5.66 Å². The minimum atomic E-state index is -0.724. The Balaban J connectivity index is 1.97. The van der Waals surface area contributed by atoms with E-state index in [0.29, 0.717) is 6.42 Å². The second-order valence-electron chi connectivity index (χ2n) is 5.95. The topological polar surface area (TPSA) is 62.0 Å². The summed E-state index contributed by atoms with van der Waals surface area (Å²) in [6.07, 6.45) is 26.4. The van der Waals surface area contributed by atoms with E-state index in [1.165, 1.54) is 0 Å². The highest BCUT2D eigenvalue weighted by Gasteiger charge is 2.37. The lowest BCUT2D eigenvalue weighted by Crippen LogP contribution is -2.09. The Bertz CT molecular complexity index is 518. The van der Waals surface area contributed by atoms with Crippen LogP contribution in [-0.4, -0.2) is 16.7 Å². The van der Waals surface area contributed by atoms with Crippen molar-refractivity contribution in [1.29, 1.82) is 0 Å². The maximum atomic E-state index is 10.3. The molecule has 4 heteroatoms. The van der Waals surface area contributed by atoms with E-state index in [1.54, 1.807) is 0 Å². The van der Waals surface area contributed by atoms with Crippen molar-refractivity contribution in [2.24, 2.45) is 10.2 Å². The molecule has 0 aromatic rings. The van der Waals surface area contributed by atoms with Crippen LogP contribution in [0, 0.1) is 12.3 Å². The molecule has 130 valence electrons. The van der Waals surface area contributed by atoms with Crippen molar-refractivity contribution in [2.75, 3.05) is 0 Å². The second-order valence-corrected chi connectivity index (χ2v) is 5.95. The number of allylic oxidation sites excluding steroid dienone is 6. The van der Waals surface area contributed by atoms with Crippen molar-refractivity contribution in [3.63, 3.8) is 0 Å². The van der Waals surface area contributed by atoms with Crippen molar-refractivity contribution in [2.45, 2.75) is 69.9 Å². The molecule has 1 rings (SSSR count). The zero-order valence-corrected chi connectivity index (χ0v) is 14.4. The lowest BCUT2D eigenvalue weighted by molar-refractivity contribution is -0.137. The van der Waals surface area contributed by atoms with Crippen molar-refractivity contribution >= 4 is 5.97 Å². The standard InChI is InChI=1S/C20H28N2O2/c1-2-3-14-17-20(21-22-20)18-15-12-10-8-6-4-5-7-9-11-13-16-19(23)24/h1,4,6-7,9-10,12H,3,5,8,11,13-18H2,(H,23,24)/b6-4-,9-7-,12-10?. The van der Waals surface area contributed by atoms with E-state index in [-0.39, 0.29) is 12.1 Å². The van der Waals surface area contributed by atoms with E-state index in [4.69, 9.17) is 11.5 Å². The highest BCUT2D eigenvalue weighted by molar-refractivity contribution is 5.66. The molecule has 24 heavy (non-hydrogen) atoms. The van der Waals surface area contributed by atoms with Gasteiger partial charge in [-0.3, -0.25) is 4.79 Å². The first-order valence-electron chi connectivity index (χ1n) is 8.73. The van der Waals surface area contributed by atoms with Gasteiger partial charge in [-0.2, -0.15) is 10.2 Å². The van der Waals surface area contributed by atoms with Crippen LogP contribution in [0.15, 0.2) is 46.7 Å². The molecule has 1 N–H and O–H groups in total. The summed E-state index contributed by atoms with van der Waals surface area (Å²) >= 11 is 0. The summed E-state index contributed by atoms with van der Waals surface area (Å²) in [5.41, 5.74) is -0.123. The lowest BCUT2D eigenvalue weighted by atomic mass is 10.0. The second kappa shape index (κ2) is 12.3. The number of unbranched alkanes of at least 4 members (excludes halogenated alkanes) is 2. The van der Waals surface area contributed by atoms with Gasteiger partial charge in [0.2, 0.25) is 0 Å². The third-order valence-corrected chi connectivity index (χ3v) is 3.80. The zero-order chi connectivity index (χ0) is 17.5. The summed E-state index contributed by atoms with van der Waals surface area (Å²) in [7, 11) is 0. The molecule has 0 saturated heterocycles. The minimum absolute atomic E-state index is 0.123. The largest absolute Gasteiger partial charge is 0.481 e. The Morgan fingerprint density at radius 3 is 2.17 bits per heavy atom. The monoisotopic (exact) mass is 328 g/mol. The maximum Gasteiger partial charge on any atom is 0.303 e. The predicted octanol–water partition coefficient (Wildman–Crippen LogP) is 5.44. The first-order chi connectivity index (χ1) is 11.7. The van der Waals surface area contributed by atoms with Crippen LogP contribution >= 0.6 is 0 Å². The number of carboxylic acids is 1. The van der Waals surface area contributed by atoms with Gasteiger partial charge in [0.25, 0.3) is 0 Å². The number of nitrogens with zero attached hydrogens (tertiary/aromatic N) is 2. The van der Waals surface area contributed by atoms with E-state index < -0.39 is 5.97 Å². The van der Waals surface area contributed by atoms with Crippen molar-refractivity contribution in [1.82, 2.24) is 0 Å². The van der Waals surface area contributed by atoms with Crippen LogP contribution in [0.1, 0.15) is 64.2 Å². The Morgan fingerprint density at radius 2 is 1.58 bits per heavy atom. The zero-order valence-electron chi connectivity index (χ0n) is 14.4. The van der Waals surface area contributed by atoms with Gasteiger partial charge >= 0.3 is 5.97 Å². The average molecular weight is 328 g/mol. The summed E-state index contributed by atoms with van der Waals surface area (Å²) < 4.78 is 0. The number of hydrogen-bond acceptors (Lipinski definition) is 3. The van der Waals surface area contributed by atoms with E-state index >= 15 is 0 Å². The lowest BCUT2D eigenvalue weighted by Gasteiger charge is -2.06. The van der Waals surface area contributed by atoms with E-state index in [0.717, 1.165) is 51.4 Å². The Labute approximate surface area is 145 Å². The average Bonchev–Trinajstić information content (AvgIpc) is 3.32. The van der Waals surface area contributed by atoms with Crippen molar-refractivity contribution < 1.29 is 9.90 Å². The molecule has 1 heterocycles. The summed E-state index contributed by atoms with van der Waals surface area (Å²) in [5, 5.41) is 16.9. The van der Waals surface area contributed by atoms with Gasteiger partial charge in [-0.15, -0.1) is 12.3 Å². The van der Waals surface area contributed by atoms with Crippen LogP contribution in [-0.2, 0) is 4.79 Å². The number of hydrogen-bond donors (Lipinski definition) is 1. The molecule has 0 amide bonds. The number of aliphatic carboxylic acids is 1. The Hall–Kier alpha value is -2.15. The molecule has 4 nitrogen and oxygen atoms in total. The van der Waals surface area contributed by atoms with E-state index in [9.17, 15) is 4.79 Å². The fourth-order valence-corrected chi connectivity index (χ4v) is 2.33. The van der Waals surface area contributed by atoms with Crippen LogP contribution in [0.3, 0.4) is 0 Å². The van der Waals surface area contributed by atoms with Crippen LogP contribution in [0.5, 0.6) is 0 Å². The predicted molar refractivity (Wildman–Crippen MR) is 97.6 cm³/mol. The fourth-order valence-electron chi connectivity index (χ4n) is 2.33. The summed E-state index contributed by atoms with van der Waals surface area (Å²) in [6, 6.07) is 0. The number of terminal acetylenes is 1. The van der Waals surface area contributed by atoms with Crippen LogP contribution < -0.4 is 0 Å². The molecule has 0 fully saturated rings. The highest BCUT2D eigenvalue weighted by atomic mass is 16.4. The van der Waals surface area contributed by atoms with Crippen LogP contribution in [0.25, 0.3) is 0 Å². The van der Waals surface area contributed by atoms with Crippen LogP contribution in [0.4, 0.5) is 0 Å².